The number of amides is 1. The maximum absolute atomic E-state index is 11.8. The van der Waals surface area contributed by atoms with Crippen molar-refractivity contribution < 1.29 is 4.79 Å². The fourth-order valence-corrected chi connectivity index (χ4v) is 2.58. The first-order valence-corrected chi connectivity index (χ1v) is 7.99. The van der Waals surface area contributed by atoms with Crippen LogP contribution in [-0.4, -0.2) is 62.6 Å². The second-order valence-electron chi connectivity index (χ2n) is 5.76. The van der Waals surface area contributed by atoms with Crippen LogP contribution < -0.4 is 15.5 Å². The second-order valence-corrected chi connectivity index (χ2v) is 5.76. The molecular formula is C16H27N5O. The van der Waals surface area contributed by atoms with Crippen molar-refractivity contribution in [2.75, 3.05) is 51.7 Å². The van der Waals surface area contributed by atoms with Gasteiger partial charge in [-0.15, -0.1) is 0 Å². The molecule has 6 heteroatoms. The number of piperazine rings is 1. The predicted octanol–water partition coefficient (Wildman–Crippen LogP) is 0.449. The monoisotopic (exact) mass is 305 g/mol. The molecule has 0 bridgehead atoms. The van der Waals surface area contributed by atoms with E-state index in [0.29, 0.717) is 13.0 Å². The van der Waals surface area contributed by atoms with Crippen LogP contribution in [0.1, 0.15) is 18.4 Å². The third-order valence-electron chi connectivity index (χ3n) is 3.98. The molecule has 1 saturated heterocycles. The molecule has 1 aliphatic heterocycles. The van der Waals surface area contributed by atoms with Gasteiger partial charge in [0.1, 0.15) is 5.82 Å². The summed E-state index contributed by atoms with van der Waals surface area (Å²) in [4.78, 5) is 21.0. The number of pyridine rings is 1. The van der Waals surface area contributed by atoms with E-state index in [1.54, 1.807) is 0 Å². The number of aromatic nitrogens is 1. The molecule has 2 heterocycles. The molecule has 1 aromatic rings. The van der Waals surface area contributed by atoms with Crippen LogP contribution in [0.3, 0.4) is 0 Å². The number of carbonyl (C=O) groups excluding carboxylic acids is 1. The van der Waals surface area contributed by atoms with Gasteiger partial charge in [-0.1, -0.05) is 6.07 Å². The molecule has 0 spiro atoms. The summed E-state index contributed by atoms with van der Waals surface area (Å²) in [5.74, 6) is 1.11. The Morgan fingerprint density at radius 3 is 2.82 bits per heavy atom. The van der Waals surface area contributed by atoms with Crippen LogP contribution in [-0.2, 0) is 11.3 Å². The summed E-state index contributed by atoms with van der Waals surface area (Å²) in [5.41, 5.74) is 1.09. The maximum Gasteiger partial charge on any atom is 0.220 e. The highest BCUT2D eigenvalue weighted by molar-refractivity contribution is 5.76. The molecule has 0 atom stereocenters. The van der Waals surface area contributed by atoms with E-state index in [4.69, 9.17) is 0 Å². The molecule has 0 aromatic carbocycles. The number of nitrogens with one attached hydrogen (secondary N) is 2. The lowest BCUT2D eigenvalue weighted by molar-refractivity contribution is -0.121. The minimum absolute atomic E-state index is 0.100. The van der Waals surface area contributed by atoms with Gasteiger partial charge < -0.3 is 20.4 Å². The third-order valence-corrected chi connectivity index (χ3v) is 3.98. The molecule has 1 aliphatic rings. The molecule has 2 N–H and O–H groups in total. The number of rotatable bonds is 7. The van der Waals surface area contributed by atoms with Crippen LogP contribution >= 0.6 is 0 Å². The zero-order valence-corrected chi connectivity index (χ0v) is 13.6. The van der Waals surface area contributed by atoms with E-state index in [-0.39, 0.29) is 5.91 Å². The largest absolute Gasteiger partial charge is 0.354 e. The highest BCUT2D eigenvalue weighted by Crippen LogP contribution is 2.18. The van der Waals surface area contributed by atoms with Gasteiger partial charge in [0.05, 0.1) is 0 Å². The highest BCUT2D eigenvalue weighted by Gasteiger charge is 2.18. The summed E-state index contributed by atoms with van der Waals surface area (Å²) in [5, 5.41) is 6.05. The van der Waals surface area contributed by atoms with Crippen molar-refractivity contribution in [2.45, 2.75) is 19.4 Å². The second kappa shape index (κ2) is 8.70. The van der Waals surface area contributed by atoms with Gasteiger partial charge in [-0.25, -0.2) is 4.98 Å². The van der Waals surface area contributed by atoms with Gasteiger partial charge in [0.2, 0.25) is 5.91 Å². The van der Waals surface area contributed by atoms with Gasteiger partial charge in [-0.05, 0) is 33.1 Å². The van der Waals surface area contributed by atoms with Crippen LogP contribution in [0.4, 0.5) is 5.82 Å². The number of nitrogens with zero attached hydrogens (tertiary/aromatic N) is 3. The van der Waals surface area contributed by atoms with E-state index in [1.807, 2.05) is 19.3 Å². The predicted molar refractivity (Wildman–Crippen MR) is 89.0 cm³/mol. The van der Waals surface area contributed by atoms with Crippen LogP contribution in [0.15, 0.2) is 18.3 Å². The van der Waals surface area contributed by atoms with Crippen molar-refractivity contribution in [3.05, 3.63) is 23.9 Å². The third kappa shape index (κ3) is 4.96. The molecule has 0 unspecified atom stereocenters. The van der Waals surface area contributed by atoms with Crippen molar-refractivity contribution in [1.82, 2.24) is 20.5 Å². The van der Waals surface area contributed by atoms with E-state index in [1.165, 1.54) is 0 Å². The minimum atomic E-state index is 0.100. The van der Waals surface area contributed by atoms with Gasteiger partial charge in [0.15, 0.2) is 0 Å². The quantitative estimate of drug-likeness (QED) is 0.716. The lowest BCUT2D eigenvalue weighted by atomic mass is 10.2. The highest BCUT2D eigenvalue weighted by atomic mass is 16.1. The Morgan fingerprint density at radius 2 is 2.09 bits per heavy atom. The maximum atomic E-state index is 11.8. The van der Waals surface area contributed by atoms with E-state index in [0.717, 1.165) is 50.5 Å². The summed E-state index contributed by atoms with van der Waals surface area (Å²) in [6.45, 7) is 5.48. The van der Waals surface area contributed by atoms with Gasteiger partial charge in [-0.3, -0.25) is 4.79 Å². The van der Waals surface area contributed by atoms with E-state index >= 15 is 0 Å². The molecule has 22 heavy (non-hydrogen) atoms. The molecule has 0 radical (unpaired) electrons. The molecule has 1 aromatic heterocycles. The Balaban J connectivity index is 1.89. The average molecular weight is 305 g/mol. The van der Waals surface area contributed by atoms with Crippen LogP contribution in [0.25, 0.3) is 0 Å². The van der Waals surface area contributed by atoms with Crippen molar-refractivity contribution in [3.63, 3.8) is 0 Å². The first-order valence-electron chi connectivity index (χ1n) is 7.99. The van der Waals surface area contributed by atoms with Gasteiger partial charge in [-0.2, -0.15) is 0 Å². The summed E-state index contributed by atoms with van der Waals surface area (Å²) < 4.78 is 0. The van der Waals surface area contributed by atoms with Crippen molar-refractivity contribution in [2.24, 2.45) is 0 Å². The molecule has 2 rings (SSSR count). The van der Waals surface area contributed by atoms with E-state index in [9.17, 15) is 4.79 Å². The molecule has 1 amide bonds. The van der Waals surface area contributed by atoms with Gasteiger partial charge in [0.25, 0.3) is 0 Å². The number of carbonyl (C=O) groups is 1. The summed E-state index contributed by atoms with van der Waals surface area (Å²) >= 11 is 0. The summed E-state index contributed by atoms with van der Waals surface area (Å²) in [6.07, 6.45) is 3.25. The van der Waals surface area contributed by atoms with E-state index < -0.39 is 0 Å². The average Bonchev–Trinajstić information content (AvgIpc) is 2.54. The number of anilines is 1. The lowest BCUT2D eigenvalue weighted by Gasteiger charge is -2.34. The number of likely N-dealkylation sites (N-methyl/N-ethyl adjacent to an activating group) is 1. The first kappa shape index (κ1) is 16.7. The zero-order valence-electron chi connectivity index (χ0n) is 13.6. The van der Waals surface area contributed by atoms with Crippen molar-refractivity contribution in [3.8, 4) is 0 Å². The molecule has 0 aliphatic carbocycles. The number of hydrogen-bond donors (Lipinski definition) is 2. The summed E-state index contributed by atoms with van der Waals surface area (Å²) in [6, 6.07) is 3.98. The lowest BCUT2D eigenvalue weighted by Crippen LogP contribution is -2.45. The topological polar surface area (TPSA) is 60.5 Å². The Bertz CT molecular complexity index is 471. The van der Waals surface area contributed by atoms with Crippen LogP contribution in [0, 0.1) is 0 Å². The fourth-order valence-electron chi connectivity index (χ4n) is 2.58. The summed E-state index contributed by atoms with van der Waals surface area (Å²) in [7, 11) is 4.04. The Kier molecular flexibility index (Phi) is 6.61. The molecule has 1 fully saturated rings. The number of hydrogen-bond acceptors (Lipinski definition) is 5. The Labute approximate surface area is 132 Å². The molecule has 6 nitrogen and oxygen atoms in total. The molecule has 122 valence electrons. The molecule has 0 saturated carbocycles. The van der Waals surface area contributed by atoms with Crippen LogP contribution in [0.2, 0.25) is 0 Å². The van der Waals surface area contributed by atoms with Gasteiger partial charge >= 0.3 is 0 Å². The van der Waals surface area contributed by atoms with Gasteiger partial charge in [0, 0.05) is 50.9 Å². The first-order chi connectivity index (χ1) is 10.7. The SMILES string of the molecule is CNCCCC(=O)NCc1cccnc1N1CCN(C)CC1. The zero-order chi connectivity index (χ0) is 15.8. The Morgan fingerprint density at radius 1 is 1.32 bits per heavy atom. The Hall–Kier alpha value is -1.66. The van der Waals surface area contributed by atoms with Crippen molar-refractivity contribution >= 4 is 11.7 Å². The van der Waals surface area contributed by atoms with E-state index in [2.05, 4.69) is 38.5 Å². The smallest absolute Gasteiger partial charge is 0.220 e. The normalized spacial score (nSPS) is 15.8. The standard InChI is InChI=1S/C16H27N5O/c1-17-7-4-6-15(22)19-13-14-5-3-8-18-16(14)21-11-9-20(2)10-12-21/h3,5,8,17H,4,6-7,9-13H2,1-2H3,(H,19,22). The minimum Gasteiger partial charge on any atom is -0.354 e. The fraction of sp³-hybridized carbons (Fsp3) is 0.625. The van der Waals surface area contributed by atoms with Crippen LogP contribution in [0.5, 0.6) is 0 Å². The van der Waals surface area contributed by atoms with Crippen molar-refractivity contribution in [1.29, 1.82) is 0 Å². The molecular weight excluding hydrogens is 278 g/mol.